The molecule has 0 aliphatic heterocycles. The molecule has 2 rings (SSSR count). The van der Waals surface area contributed by atoms with Crippen LogP contribution in [0.1, 0.15) is 24.3 Å². The van der Waals surface area contributed by atoms with Crippen molar-refractivity contribution in [2.45, 2.75) is 24.8 Å². The molecule has 3 heteroatoms. The molecule has 0 aromatic heterocycles. The molecule has 78 valence electrons. The zero-order valence-electron chi connectivity index (χ0n) is 8.37. The molecule has 15 heavy (non-hydrogen) atoms. The normalized spacial score (nSPS) is 25.1. The molecular weight excluding hydrogens is 190 g/mol. The smallest absolute Gasteiger partial charge is 0.217 e. The molecule has 0 radical (unpaired) electrons. The molecule has 0 N–H and O–H groups in total. The summed E-state index contributed by atoms with van der Waals surface area (Å²) in [5.41, 5.74) is 1.17. The first-order chi connectivity index (χ1) is 7.27. The highest BCUT2D eigenvalue weighted by atomic mass is 16.6. The van der Waals surface area contributed by atoms with Gasteiger partial charge in [0.2, 0.25) is 6.04 Å². The van der Waals surface area contributed by atoms with Crippen LogP contribution in [-0.4, -0.2) is 11.0 Å². The van der Waals surface area contributed by atoms with Crippen LogP contribution >= 0.6 is 0 Å². The third kappa shape index (κ3) is 2.24. The summed E-state index contributed by atoms with van der Waals surface area (Å²) in [6.07, 6.45) is 5.19. The van der Waals surface area contributed by atoms with Crippen LogP contribution in [0.25, 0.3) is 0 Å². The quantitative estimate of drug-likeness (QED) is 0.421. The number of nitrogens with zero attached hydrogens (tertiary/aromatic N) is 1. The number of hydrogen-bond donors (Lipinski definition) is 0. The largest absolute Gasteiger partial charge is 0.264 e. The van der Waals surface area contributed by atoms with Crippen molar-refractivity contribution in [2.24, 2.45) is 0 Å². The third-order valence-electron chi connectivity index (χ3n) is 2.83. The summed E-state index contributed by atoms with van der Waals surface area (Å²) in [6.45, 7) is 0. The molecule has 1 aliphatic rings. The molecular formula is C12H13NO2. The molecule has 1 aromatic rings. The second-order valence-electron chi connectivity index (χ2n) is 3.86. The van der Waals surface area contributed by atoms with Gasteiger partial charge in [0, 0.05) is 23.7 Å². The Morgan fingerprint density at radius 1 is 1.27 bits per heavy atom. The summed E-state index contributed by atoms with van der Waals surface area (Å²) in [5.74, 6) is 0.204. The van der Waals surface area contributed by atoms with Gasteiger partial charge >= 0.3 is 0 Å². The molecule has 0 heterocycles. The van der Waals surface area contributed by atoms with Gasteiger partial charge in [0.25, 0.3) is 0 Å². The van der Waals surface area contributed by atoms with Crippen LogP contribution in [0.5, 0.6) is 0 Å². The zero-order valence-corrected chi connectivity index (χ0v) is 8.37. The van der Waals surface area contributed by atoms with Gasteiger partial charge in [-0.3, -0.25) is 10.1 Å². The fourth-order valence-electron chi connectivity index (χ4n) is 1.99. The predicted molar refractivity (Wildman–Crippen MR) is 58.3 cm³/mol. The van der Waals surface area contributed by atoms with Crippen molar-refractivity contribution in [2.75, 3.05) is 0 Å². The van der Waals surface area contributed by atoms with E-state index in [1.54, 1.807) is 0 Å². The minimum atomic E-state index is -0.416. The highest BCUT2D eigenvalue weighted by Crippen LogP contribution is 2.28. The third-order valence-corrected chi connectivity index (χ3v) is 2.83. The van der Waals surface area contributed by atoms with Crippen LogP contribution in [0.4, 0.5) is 0 Å². The van der Waals surface area contributed by atoms with E-state index in [-0.39, 0.29) is 10.8 Å². The van der Waals surface area contributed by atoms with E-state index >= 15 is 0 Å². The van der Waals surface area contributed by atoms with E-state index in [2.05, 4.69) is 6.08 Å². The molecule has 0 saturated carbocycles. The Hall–Kier alpha value is -1.64. The summed E-state index contributed by atoms with van der Waals surface area (Å²) in [6, 6.07) is 9.54. The maximum absolute atomic E-state index is 10.7. The lowest BCUT2D eigenvalue weighted by molar-refractivity contribution is -0.523. The fraction of sp³-hybridized carbons (Fsp3) is 0.333. The average Bonchev–Trinajstić information content (AvgIpc) is 2.30. The Morgan fingerprint density at radius 2 is 2.00 bits per heavy atom. The van der Waals surface area contributed by atoms with Gasteiger partial charge in [0.15, 0.2) is 0 Å². The first-order valence-electron chi connectivity index (χ1n) is 5.12. The molecule has 2 atom stereocenters. The monoisotopic (exact) mass is 203 g/mol. The van der Waals surface area contributed by atoms with Crippen LogP contribution in [-0.2, 0) is 0 Å². The number of rotatable bonds is 2. The van der Waals surface area contributed by atoms with Crippen molar-refractivity contribution in [1.82, 2.24) is 0 Å². The zero-order chi connectivity index (χ0) is 10.7. The maximum Gasteiger partial charge on any atom is 0.217 e. The van der Waals surface area contributed by atoms with Gasteiger partial charge in [-0.1, -0.05) is 42.5 Å². The van der Waals surface area contributed by atoms with Gasteiger partial charge in [-0.2, -0.15) is 0 Å². The van der Waals surface area contributed by atoms with Crippen LogP contribution < -0.4 is 0 Å². The Kier molecular flexibility index (Phi) is 2.81. The molecule has 0 spiro atoms. The molecule has 0 bridgehead atoms. The summed E-state index contributed by atoms with van der Waals surface area (Å²) in [5, 5.41) is 10.7. The lowest BCUT2D eigenvalue weighted by Crippen LogP contribution is -2.23. The molecule has 1 aromatic carbocycles. The predicted octanol–water partition coefficient (Wildman–Crippen LogP) is 2.77. The molecule has 0 saturated heterocycles. The van der Waals surface area contributed by atoms with E-state index in [4.69, 9.17) is 0 Å². The lowest BCUT2D eigenvalue weighted by Gasteiger charge is -2.19. The van der Waals surface area contributed by atoms with Crippen molar-refractivity contribution in [3.8, 4) is 0 Å². The van der Waals surface area contributed by atoms with Gasteiger partial charge in [-0.05, 0) is 5.56 Å². The Bertz CT molecular complexity index is 372. The van der Waals surface area contributed by atoms with Crippen molar-refractivity contribution < 1.29 is 4.92 Å². The molecule has 2 unspecified atom stereocenters. The number of allylic oxidation sites excluding steroid dienone is 1. The highest BCUT2D eigenvalue weighted by Gasteiger charge is 2.26. The van der Waals surface area contributed by atoms with Crippen LogP contribution in [0, 0.1) is 10.1 Å². The summed E-state index contributed by atoms with van der Waals surface area (Å²) < 4.78 is 0. The van der Waals surface area contributed by atoms with E-state index in [0.717, 1.165) is 0 Å². The summed E-state index contributed by atoms with van der Waals surface area (Å²) >= 11 is 0. The highest BCUT2D eigenvalue weighted by molar-refractivity contribution is 5.25. The average molecular weight is 203 g/mol. The van der Waals surface area contributed by atoms with E-state index < -0.39 is 6.04 Å². The van der Waals surface area contributed by atoms with Gasteiger partial charge in [-0.15, -0.1) is 0 Å². The summed E-state index contributed by atoms with van der Waals surface area (Å²) in [4.78, 5) is 10.5. The fourth-order valence-corrected chi connectivity index (χ4v) is 1.99. The van der Waals surface area contributed by atoms with E-state index in [1.165, 1.54) is 5.56 Å². The van der Waals surface area contributed by atoms with Crippen molar-refractivity contribution in [3.63, 3.8) is 0 Å². The molecule has 0 fully saturated rings. The van der Waals surface area contributed by atoms with E-state index in [9.17, 15) is 10.1 Å². The number of nitro groups is 1. The van der Waals surface area contributed by atoms with Gasteiger partial charge < -0.3 is 0 Å². The summed E-state index contributed by atoms with van der Waals surface area (Å²) in [7, 11) is 0. The first-order valence-corrected chi connectivity index (χ1v) is 5.12. The minimum absolute atomic E-state index is 0.167. The Balaban J connectivity index is 2.15. The van der Waals surface area contributed by atoms with Crippen LogP contribution in [0.3, 0.4) is 0 Å². The second kappa shape index (κ2) is 4.26. The lowest BCUT2D eigenvalue weighted by atomic mass is 9.87. The van der Waals surface area contributed by atoms with Crippen LogP contribution in [0.15, 0.2) is 42.5 Å². The van der Waals surface area contributed by atoms with Crippen LogP contribution in [0.2, 0.25) is 0 Å². The van der Waals surface area contributed by atoms with Gasteiger partial charge in [-0.25, -0.2) is 0 Å². The van der Waals surface area contributed by atoms with Gasteiger partial charge in [0.1, 0.15) is 0 Å². The van der Waals surface area contributed by atoms with E-state index in [1.807, 2.05) is 36.4 Å². The standard InChI is InChI=1S/C12H13NO2/c14-13(15)12-8-4-7-11(9-12)10-5-2-1-3-6-10/h1-7,11-12H,8-9H2. The van der Waals surface area contributed by atoms with Crippen molar-refractivity contribution in [3.05, 3.63) is 58.2 Å². The maximum atomic E-state index is 10.7. The Labute approximate surface area is 88.6 Å². The number of hydrogen-bond acceptors (Lipinski definition) is 2. The molecule has 1 aliphatic carbocycles. The number of benzene rings is 1. The SMILES string of the molecule is O=[N+]([O-])C1CC=CC(c2ccccc2)C1. The minimum Gasteiger partial charge on any atom is -0.264 e. The second-order valence-corrected chi connectivity index (χ2v) is 3.86. The van der Waals surface area contributed by atoms with E-state index in [0.29, 0.717) is 12.8 Å². The van der Waals surface area contributed by atoms with Gasteiger partial charge in [0.05, 0.1) is 0 Å². The molecule has 0 amide bonds. The van der Waals surface area contributed by atoms with Crippen molar-refractivity contribution >= 4 is 0 Å². The topological polar surface area (TPSA) is 43.1 Å². The van der Waals surface area contributed by atoms with Crippen molar-refractivity contribution in [1.29, 1.82) is 0 Å². The molecule has 3 nitrogen and oxygen atoms in total. The first kappa shape index (κ1) is 9.90. The Morgan fingerprint density at radius 3 is 2.67 bits per heavy atom.